The molecular formula is C18H22Cl3N3RuS. The SMILES string of the molecule is C[C]1[CH][CH][C](C(C)C)[CH][CH]1.NC(=S)N/N=C/c1ccc(Cl)cc1.[Cl-].[Cl-].[Ru+2]. The summed E-state index contributed by atoms with van der Waals surface area (Å²) in [6, 6.07) is 7.24. The Morgan fingerprint density at radius 1 is 1.12 bits per heavy atom. The van der Waals surface area contributed by atoms with E-state index >= 15 is 0 Å². The van der Waals surface area contributed by atoms with E-state index in [4.69, 9.17) is 17.3 Å². The molecule has 2 rings (SSSR count). The number of hydrazone groups is 1. The summed E-state index contributed by atoms with van der Waals surface area (Å²) in [5.41, 5.74) is 8.54. The van der Waals surface area contributed by atoms with Crippen molar-refractivity contribution in [1.29, 1.82) is 0 Å². The molecule has 0 heterocycles. The Balaban J connectivity index is -0.000000374. The van der Waals surface area contributed by atoms with Gasteiger partial charge in [0.25, 0.3) is 0 Å². The smallest absolute Gasteiger partial charge is 1.00 e. The molecule has 8 heteroatoms. The van der Waals surface area contributed by atoms with Gasteiger partial charge in [-0.1, -0.05) is 44.5 Å². The van der Waals surface area contributed by atoms with Crippen molar-refractivity contribution >= 4 is 35.1 Å². The molecule has 0 bridgehead atoms. The van der Waals surface area contributed by atoms with E-state index in [1.807, 2.05) is 12.1 Å². The van der Waals surface area contributed by atoms with Crippen LogP contribution < -0.4 is 36.0 Å². The summed E-state index contributed by atoms with van der Waals surface area (Å²) >= 11 is 10.3. The van der Waals surface area contributed by atoms with Crippen LogP contribution in [-0.4, -0.2) is 11.3 Å². The molecule has 26 heavy (non-hydrogen) atoms. The minimum absolute atomic E-state index is 0. The fourth-order valence-electron chi connectivity index (χ4n) is 1.67. The molecule has 6 radical (unpaired) electrons. The normalized spacial score (nSPS) is 14.3. The average molecular weight is 520 g/mol. The number of hydrogen-bond acceptors (Lipinski definition) is 2. The second kappa shape index (κ2) is 17.2. The van der Waals surface area contributed by atoms with Crippen LogP contribution >= 0.6 is 23.8 Å². The van der Waals surface area contributed by atoms with Crippen molar-refractivity contribution in [3.05, 3.63) is 72.4 Å². The van der Waals surface area contributed by atoms with Crippen LogP contribution in [0.3, 0.4) is 0 Å². The molecule has 0 atom stereocenters. The molecule has 0 unspecified atom stereocenters. The molecule has 1 fully saturated rings. The predicted octanol–water partition coefficient (Wildman–Crippen LogP) is -1.85. The van der Waals surface area contributed by atoms with Crippen molar-refractivity contribution in [3.8, 4) is 0 Å². The van der Waals surface area contributed by atoms with E-state index in [1.54, 1.807) is 18.3 Å². The first-order chi connectivity index (χ1) is 10.9. The van der Waals surface area contributed by atoms with E-state index in [-0.39, 0.29) is 49.4 Å². The zero-order valence-electron chi connectivity index (χ0n) is 14.7. The maximum absolute atomic E-state index is 5.70. The van der Waals surface area contributed by atoms with E-state index < -0.39 is 0 Å². The Hall–Kier alpha value is 0.0734. The molecule has 1 saturated carbocycles. The molecule has 3 N–H and O–H groups in total. The van der Waals surface area contributed by atoms with Gasteiger partial charge in [0.1, 0.15) is 0 Å². The Kier molecular flexibility index (Phi) is 20.4. The number of thiocarbonyl (C=S) groups is 1. The third-order valence-corrected chi connectivity index (χ3v) is 3.35. The van der Waals surface area contributed by atoms with Crippen molar-refractivity contribution in [3.63, 3.8) is 0 Å². The molecule has 3 nitrogen and oxygen atoms in total. The minimum atomic E-state index is 0. The Bertz CT molecular complexity index is 505. The molecule has 1 aromatic carbocycles. The monoisotopic (exact) mass is 519 g/mol. The number of rotatable bonds is 3. The van der Waals surface area contributed by atoms with Crippen LogP contribution in [0, 0.1) is 43.4 Å². The quantitative estimate of drug-likeness (QED) is 0.214. The van der Waals surface area contributed by atoms with E-state index in [0.717, 1.165) is 5.56 Å². The third-order valence-electron chi connectivity index (χ3n) is 3.00. The number of hydrogen-bond donors (Lipinski definition) is 2. The van der Waals surface area contributed by atoms with Crippen molar-refractivity contribution in [2.45, 2.75) is 20.8 Å². The second-order valence-electron chi connectivity index (χ2n) is 5.35. The van der Waals surface area contributed by atoms with E-state index in [1.165, 1.54) is 11.8 Å². The van der Waals surface area contributed by atoms with Gasteiger partial charge < -0.3 is 30.5 Å². The van der Waals surface area contributed by atoms with Gasteiger partial charge in [0.2, 0.25) is 0 Å². The van der Waals surface area contributed by atoms with Gasteiger partial charge in [0.05, 0.1) is 6.21 Å². The maximum Gasteiger partial charge on any atom is 2.00 e. The Morgan fingerprint density at radius 3 is 2.04 bits per heavy atom. The molecule has 0 aliphatic heterocycles. The van der Waals surface area contributed by atoms with Gasteiger partial charge in [-0.25, -0.2) is 0 Å². The fourth-order valence-corrected chi connectivity index (χ4v) is 1.85. The number of benzene rings is 1. The summed E-state index contributed by atoms with van der Waals surface area (Å²) in [6.07, 6.45) is 10.3. The van der Waals surface area contributed by atoms with Crippen LogP contribution in [0.1, 0.15) is 26.3 Å². The Morgan fingerprint density at radius 2 is 1.62 bits per heavy atom. The number of nitrogens with two attached hydrogens (primary N) is 1. The summed E-state index contributed by atoms with van der Waals surface area (Å²) in [4.78, 5) is 0. The van der Waals surface area contributed by atoms with Gasteiger partial charge in [0, 0.05) is 5.02 Å². The van der Waals surface area contributed by atoms with Crippen LogP contribution in [0.5, 0.6) is 0 Å². The summed E-state index contributed by atoms with van der Waals surface area (Å²) in [7, 11) is 0. The van der Waals surface area contributed by atoms with Gasteiger partial charge in [-0.2, -0.15) is 5.10 Å². The summed E-state index contributed by atoms with van der Waals surface area (Å²) < 4.78 is 0. The molecule has 0 amide bonds. The summed E-state index contributed by atoms with van der Waals surface area (Å²) in [5, 5.41) is 4.62. The third kappa shape index (κ3) is 14.2. The first kappa shape index (κ1) is 30.8. The predicted molar refractivity (Wildman–Crippen MR) is 103 cm³/mol. The largest absolute Gasteiger partial charge is 2.00 e. The second-order valence-corrected chi connectivity index (χ2v) is 6.23. The zero-order valence-corrected chi connectivity index (χ0v) is 19.5. The molecule has 0 saturated heterocycles. The van der Waals surface area contributed by atoms with Gasteiger partial charge >= 0.3 is 19.5 Å². The number of halogens is 3. The molecular weight excluding hydrogens is 498 g/mol. The molecule has 1 aliphatic carbocycles. The average Bonchev–Trinajstić information content (AvgIpc) is 2.50. The van der Waals surface area contributed by atoms with Crippen LogP contribution in [0.15, 0.2) is 29.4 Å². The maximum atomic E-state index is 5.70. The van der Waals surface area contributed by atoms with E-state index in [0.29, 0.717) is 10.9 Å². The van der Waals surface area contributed by atoms with Crippen molar-refractivity contribution < 1.29 is 44.3 Å². The Labute approximate surface area is 193 Å². The van der Waals surface area contributed by atoms with E-state index in [2.05, 4.69) is 69.2 Å². The van der Waals surface area contributed by atoms with Crippen LogP contribution in [0.4, 0.5) is 0 Å². The van der Waals surface area contributed by atoms with Crippen LogP contribution in [0.25, 0.3) is 0 Å². The number of nitrogens with one attached hydrogen (secondary N) is 1. The topological polar surface area (TPSA) is 50.4 Å². The van der Waals surface area contributed by atoms with Gasteiger partial charge in [-0.15, -0.1) is 0 Å². The summed E-state index contributed by atoms with van der Waals surface area (Å²) in [6.45, 7) is 6.54. The van der Waals surface area contributed by atoms with Gasteiger partial charge in [-0.3, -0.25) is 5.43 Å². The van der Waals surface area contributed by atoms with Crippen LogP contribution in [-0.2, 0) is 19.5 Å². The molecule has 1 aliphatic rings. The first-order valence-electron chi connectivity index (χ1n) is 7.29. The molecule has 1 aromatic rings. The first-order valence-corrected chi connectivity index (χ1v) is 8.07. The van der Waals surface area contributed by atoms with Gasteiger partial charge in [0.15, 0.2) is 5.11 Å². The van der Waals surface area contributed by atoms with Crippen LogP contribution in [0.2, 0.25) is 5.02 Å². The standard InChI is InChI=1S/C10H14.C8H8ClN3S.2ClH.Ru/c1-8(2)10-6-4-9(3)5-7-10;9-7-3-1-6(2-4-7)5-11-12-8(10)13;;;/h4-8H,1-3H3;1-5H,(H3,10,12,13);2*1H;/q;;;;+2/p-2/b;11-5+;;;. The molecule has 144 valence electrons. The number of nitrogens with zero attached hydrogens (tertiary/aromatic N) is 1. The van der Waals surface area contributed by atoms with Gasteiger partial charge in [-0.05, 0) is 73.4 Å². The van der Waals surface area contributed by atoms with Crippen molar-refractivity contribution in [1.82, 2.24) is 5.43 Å². The fraction of sp³-hybridized carbons (Fsp3) is 0.222. The zero-order chi connectivity index (χ0) is 17.2. The molecule has 0 aromatic heterocycles. The molecule has 0 spiro atoms. The summed E-state index contributed by atoms with van der Waals surface area (Å²) in [5.74, 6) is 3.41. The van der Waals surface area contributed by atoms with Crippen molar-refractivity contribution in [2.24, 2.45) is 16.8 Å². The van der Waals surface area contributed by atoms with E-state index in [9.17, 15) is 0 Å². The van der Waals surface area contributed by atoms with Crippen molar-refractivity contribution in [2.75, 3.05) is 0 Å². The minimum Gasteiger partial charge on any atom is -1.00 e.